The van der Waals surface area contributed by atoms with Crippen LogP contribution in [0.3, 0.4) is 0 Å². The quantitative estimate of drug-likeness (QED) is 0.702. The molecule has 1 saturated heterocycles. The zero-order valence-corrected chi connectivity index (χ0v) is 19.1. The van der Waals surface area contributed by atoms with Gasteiger partial charge in [0, 0.05) is 24.4 Å². The average molecular weight is 439 g/mol. The Kier molecular flexibility index (Phi) is 8.43. The van der Waals surface area contributed by atoms with Crippen LogP contribution in [0.5, 0.6) is 0 Å². The second kappa shape index (κ2) is 10.8. The highest BCUT2D eigenvalue weighted by atomic mass is 32.2. The van der Waals surface area contributed by atoms with E-state index in [1.165, 1.54) is 37.1 Å². The molecular weight excluding hydrogens is 403 g/mol. The van der Waals surface area contributed by atoms with E-state index < -0.39 is 11.0 Å². The van der Waals surface area contributed by atoms with Gasteiger partial charge in [-0.15, -0.1) is 0 Å². The van der Waals surface area contributed by atoms with E-state index in [0.29, 0.717) is 24.6 Å². The molecule has 0 bridgehead atoms. The summed E-state index contributed by atoms with van der Waals surface area (Å²) in [5, 5.41) is 0. The first-order chi connectivity index (χ1) is 14.3. The molecule has 3 rings (SSSR count). The minimum absolute atomic E-state index is 0.0824. The van der Waals surface area contributed by atoms with Crippen molar-refractivity contribution in [2.75, 3.05) is 19.4 Å². The molecule has 30 heavy (non-hydrogen) atoms. The fraction of sp³-hybridized carbons (Fsp3) is 0.696. The predicted octanol–water partition coefficient (Wildman–Crippen LogP) is 3.91. The van der Waals surface area contributed by atoms with Crippen LogP contribution in [-0.2, 0) is 15.7 Å². The second-order valence-electron chi connectivity index (χ2n) is 9.01. The molecule has 0 radical (unpaired) electrons. The second-order valence-corrected chi connectivity index (χ2v) is 10.2. The van der Waals surface area contributed by atoms with Crippen LogP contribution in [0.1, 0.15) is 62.7 Å². The third-order valence-electron chi connectivity index (χ3n) is 6.61. The lowest BCUT2D eigenvalue weighted by atomic mass is 9.80. The molecular formula is C23H35FN2O3S. The molecule has 2 aliphatic rings. The summed E-state index contributed by atoms with van der Waals surface area (Å²) in [5.74, 6) is 0.998. The first-order valence-corrected chi connectivity index (χ1v) is 12.7. The molecule has 1 saturated carbocycles. The van der Waals surface area contributed by atoms with Crippen molar-refractivity contribution in [1.82, 2.24) is 9.62 Å². The summed E-state index contributed by atoms with van der Waals surface area (Å²) in [4.78, 5) is 15.0. The molecule has 3 unspecified atom stereocenters. The van der Waals surface area contributed by atoms with E-state index in [1.807, 2.05) is 4.90 Å². The first kappa shape index (κ1) is 23.4. The van der Waals surface area contributed by atoms with Crippen LogP contribution in [0.4, 0.5) is 4.39 Å². The topological polar surface area (TPSA) is 58.6 Å². The van der Waals surface area contributed by atoms with Crippen molar-refractivity contribution in [3.63, 3.8) is 0 Å². The largest absolute Gasteiger partial charge is 0.376 e. The minimum atomic E-state index is -1.17. The molecule has 1 aromatic carbocycles. The summed E-state index contributed by atoms with van der Waals surface area (Å²) >= 11 is 0. The predicted molar refractivity (Wildman–Crippen MR) is 118 cm³/mol. The fourth-order valence-electron chi connectivity index (χ4n) is 4.78. The number of nitrogens with zero attached hydrogens (tertiary/aromatic N) is 1. The molecule has 1 aliphatic carbocycles. The Morgan fingerprint density at radius 3 is 2.47 bits per heavy atom. The number of hydrogen-bond donors (Lipinski definition) is 1. The van der Waals surface area contributed by atoms with E-state index >= 15 is 0 Å². The van der Waals surface area contributed by atoms with Crippen molar-refractivity contribution in [2.45, 2.75) is 70.6 Å². The lowest BCUT2D eigenvalue weighted by Gasteiger charge is -2.42. The Morgan fingerprint density at radius 1 is 1.20 bits per heavy atom. The molecule has 7 heteroatoms. The third-order valence-corrected chi connectivity index (χ3v) is 7.25. The number of halogens is 1. The lowest BCUT2D eigenvalue weighted by Crippen LogP contribution is -2.58. The summed E-state index contributed by atoms with van der Waals surface area (Å²) < 4.78 is 34.6. The van der Waals surface area contributed by atoms with Gasteiger partial charge >= 0.3 is 0 Å². The van der Waals surface area contributed by atoms with E-state index in [9.17, 15) is 13.4 Å². The van der Waals surface area contributed by atoms with Gasteiger partial charge in [0.15, 0.2) is 0 Å². The van der Waals surface area contributed by atoms with Crippen LogP contribution in [0.15, 0.2) is 24.3 Å². The number of benzene rings is 1. The fourth-order valence-corrected chi connectivity index (χ4v) is 5.48. The molecule has 3 atom stereocenters. The number of amides is 1. The van der Waals surface area contributed by atoms with Gasteiger partial charge in [-0.2, -0.15) is 0 Å². The number of nitrogens with one attached hydrogen (secondary N) is 1. The number of likely N-dealkylation sites (tertiary alicyclic amines) is 1. The molecule has 0 aromatic heterocycles. The normalized spacial score (nSPS) is 28.5. The molecule has 1 amide bonds. The maximum Gasteiger partial charge on any atom is 0.254 e. The van der Waals surface area contributed by atoms with Gasteiger partial charge in [-0.25, -0.2) is 13.3 Å². The number of ether oxygens (including phenoxy) is 1. The lowest BCUT2D eigenvalue weighted by molar-refractivity contribution is -0.0281. The summed E-state index contributed by atoms with van der Waals surface area (Å²) in [6.07, 6.45) is 8.00. The molecule has 0 spiro atoms. The zero-order chi connectivity index (χ0) is 21.7. The Bertz CT molecular complexity index is 720. The number of piperidine rings is 1. The highest BCUT2D eigenvalue weighted by Gasteiger charge is 2.36. The van der Waals surface area contributed by atoms with E-state index in [-0.39, 0.29) is 29.9 Å². The Balaban J connectivity index is 1.68. The van der Waals surface area contributed by atoms with Gasteiger partial charge in [-0.1, -0.05) is 13.8 Å². The number of carbonyl (C=O) groups is 1. The van der Waals surface area contributed by atoms with Gasteiger partial charge < -0.3 is 9.64 Å². The first-order valence-electron chi connectivity index (χ1n) is 11.1. The van der Waals surface area contributed by atoms with Crippen molar-refractivity contribution in [3.05, 3.63) is 35.6 Å². The zero-order valence-electron chi connectivity index (χ0n) is 18.3. The summed E-state index contributed by atoms with van der Waals surface area (Å²) in [5.41, 5.74) is 0.470. The van der Waals surface area contributed by atoms with Crippen molar-refractivity contribution >= 4 is 16.9 Å². The van der Waals surface area contributed by atoms with Crippen molar-refractivity contribution in [3.8, 4) is 0 Å². The highest BCUT2D eigenvalue weighted by Crippen LogP contribution is 2.32. The van der Waals surface area contributed by atoms with E-state index in [2.05, 4.69) is 18.6 Å². The summed E-state index contributed by atoms with van der Waals surface area (Å²) in [6.45, 7) is 5.62. The van der Waals surface area contributed by atoms with Crippen LogP contribution in [0.25, 0.3) is 0 Å². The van der Waals surface area contributed by atoms with Gasteiger partial charge in [0.2, 0.25) is 0 Å². The van der Waals surface area contributed by atoms with E-state index in [0.717, 1.165) is 31.6 Å². The van der Waals surface area contributed by atoms with Gasteiger partial charge in [-0.3, -0.25) is 4.79 Å². The van der Waals surface area contributed by atoms with Crippen LogP contribution in [0, 0.1) is 17.7 Å². The third kappa shape index (κ3) is 6.11. The van der Waals surface area contributed by atoms with E-state index in [1.54, 1.807) is 6.26 Å². The van der Waals surface area contributed by atoms with Crippen LogP contribution < -0.4 is 4.72 Å². The van der Waals surface area contributed by atoms with Crippen molar-refractivity contribution < 1.29 is 18.1 Å². The van der Waals surface area contributed by atoms with Gasteiger partial charge in [0.05, 0.1) is 29.7 Å². The minimum Gasteiger partial charge on any atom is -0.376 e. The van der Waals surface area contributed by atoms with Gasteiger partial charge in [-0.05, 0) is 74.6 Å². The number of rotatable bonds is 7. The molecule has 5 nitrogen and oxygen atoms in total. The SMILES string of the molecule is CC(C)C1CCC(OCC2C(NS(C)=O)CCCN2C(=O)c2ccc(F)cc2)CC1. The highest BCUT2D eigenvalue weighted by molar-refractivity contribution is 7.82. The van der Waals surface area contributed by atoms with Crippen LogP contribution >= 0.6 is 0 Å². The van der Waals surface area contributed by atoms with Crippen LogP contribution in [0.2, 0.25) is 0 Å². The monoisotopic (exact) mass is 438 g/mol. The number of carbonyl (C=O) groups excluding carboxylic acids is 1. The number of hydrogen-bond acceptors (Lipinski definition) is 3. The molecule has 1 N–H and O–H groups in total. The Labute approximate surface area is 182 Å². The van der Waals surface area contributed by atoms with Gasteiger partial charge in [0.25, 0.3) is 5.91 Å². The van der Waals surface area contributed by atoms with E-state index in [4.69, 9.17) is 4.74 Å². The van der Waals surface area contributed by atoms with Crippen molar-refractivity contribution in [2.24, 2.45) is 11.8 Å². The Morgan fingerprint density at radius 2 is 1.87 bits per heavy atom. The summed E-state index contributed by atoms with van der Waals surface area (Å²) in [7, 11) is -1.17. The molecule has 1 heterocycles. The summed E-state index contributed by atoms with van der Waals surface area (Å²) in [6, 6.07) is 5.40. The maximum absolute atomic E-state index is 13.3. The maximum atomic E-state index is 13.3. The van der Waals surface area contributed by atoms with Crippen molar-refractivity contribution in [1.29, 1.82) is 0 Å². The smallest absolute Gasteiger partial charge is 0.254 e. The molecule has 1 aliphatic heterocycles. The van der Waals surface area contributed by atoms with Crippen LogP contribution in [-0.4, -0.2) is 52.6 Å². The molecule has 1 aromatic rings. The standard InChI is InChI=1S/C23H35FN2O3S/c1-16(2)17-8-12-20(13-9-17)29-15-22-21(25-30(3)28)5-4-14-26(22)23(27)18-6-10-19(24)11-7-18/h6-7,10-11,16-17,20-22,25H,4-5,8-9,12-15H2,1-3H3. The average Bonchev–Trinajstić information content (AvgIpc) is 2.72. The molecule has 168 valence electrons. The van der Waals surface area contributed by atoms with Gasteiger partial charge in [0.1, 0.15) is 5.82 Å². The Hall–Kier alpha value is -1.31. The molecule has 2 fully saturated rings.